The average molecular weight is 210 g/mol. The second kappa shape index (κ2) is 3.95. The topological polar surface area (TPSA) is 43.4 Å². The molecule has 0 saturated heterocycles. The van der Waals surface area contributed by atoms with E-state index in [2.05, 4.69) is 0 Å². The van der Waals surface area contributed by atoms with Gasteiger partial charge in [0.25, 0.3) is 0 Å². The first-order valence-electron chi connectivity index (χ1n) is 5.82. The van der Waals surface area contributed by atoms with Crippen LogP contribution in [0.5, 0.6) is 0 Å². The van der Waals surface area contributed by atoms with Gasteiger partial charge in [-0.25, -0.2) is 0 Å². The minimum Gasteiger partial charge on any atom is -0.469 e. The predicted molar refractivity (Wildman–Crippen MR) is 55.3 cm³/mol. The largest absolute Gasteiger partial charge is 0.469 e. The van der Waals surface area contributed by atoms with Crippen molar-refractivity contribution in [2.24, 2.45) is 11.3 Å². The average Bonchev–Trinajstić information content (AvgIpc) is 2.52. The highest BCUT2D eigenvalue weighted by atomic mass is 16.5. The molecule has 84 valence electrons. The molecule has 0 aromatic carbocycles. The summed E-state index contributed by atoms with van der Waals surface area (Å²) in [6.07, 6.45) is 6.76. The summed E-state index contributed by atoms with van der Waals surface area (Å²) >= 11 is 0. The monoisotopic (exact) mass is 210 g/mol. The highest BCUT2D eigenvalue weighted by molar-refractivity contribution is 5.99. The van der Waals surface area contributed by atoms with Gasteiger partial charge in [-0.2, -0.15) is 0 Å². The van der Waals surface area contributed by atoms with Gasteiger partial charge in [0, 0.05) is 11.8 Å². The third-order valence-corrected chi connectivity index (χ3v) is 4.09. The molecule has 1 spiro atoms. The summed E-state index contributed by atoms with van der Waals surface area (Å²) in [6, 6.07) is 0. The molecule has 0 aromatic rings. The Kier molecular flexibility index (Phi) is 2.81. The molecule has 0 bridgehead atoms. The fourth-order valence-corrected chi connectivity index (χ4v) is 3.09. The number of carbonyl (C=O) groups is 2. The Labute approximate surface area is 90.2 Å². The van der Waals surface area contributed by atoms with Gasteiger partial charge < -0.3 is 4.74 Å². The van der Waals surface area contributed by atoms with E-state index < -0.39 is 0 Å². The number of esters is 1. The van der Waals surface area contributed by atoms with Crippen molar-refractivity contribution in [2.45, 2.75) is 44.9 Å². The van der Waals surface area contributed by atoms with Crippen LogP contribution in [0.3, 0.4) is 0 Å². The van der Waals surface area contributed by atoms with Crippen LogP contribution in [0.25, 0.3) is 0 Å². The summed E-state index contributed by atoms with van der Waals surface area (Å²) in [5, 5.41) is 0. The lowest BCUT2D eigenvalue weighted by Crippen LogP contribution is -2.53. The smallest absolute Gasteiger partial charge is 0.310 e. The molecule has 1 atom stereocenters. The van der Waals surface area contributed by atoms with Gasteiger partial charge >= 0.3 is 5.97 Å². The highest BCUT2D eigenvalue weighted by Gasteiger charge is 2.57. The Morgan fingerprint density at radius 2 is 1.87 bits per heavy atom. The van der Waals surface area contributed by atoms with E-state index in [-0.39, 0.29) is 17.3 Å². The first kappa shape index (κ1) is 10.7. The van der Waals surface area contributed by atoms with Gasteiger partial charge in [-0.3, -0.25) is 9.59 Å². The van der Waals surface area contributed by atoms with E-state index in [0.717, 1.165) is 25.7 Å². The number of ketones is 1. The summed E-state index contributed by atoms with van der Waals surface area (Å²) in [5.74, 6) is -0.0376. The van der Waals surface area contributed by atoms with Crippen LogP contribution < -0.4 is 0 Å². The molecule has 0 radical (unpaired) electrons. The van der Waals surface area contributed by atoms with Crippen LogP contribution in [0.4, 0.5) is 0 Å². The van der Waals surface area contributed by atoms with E-state index in [4.69, 9.17) is 4.74 Å². The van der Waals surface area contributed by atoms with Crippen molar-refractivity contribution >= 4 is 11.8 Å². The molecule has 2 saturated carbocycles. The number of hydrogen-bond acceptors (Lipinski definition) is 3. The van der Waals surface area contributed by atoms with E-state index in [0.29, 0.717) is 12.2 Å². The van der Waals surface area contributed by atoms with Crippen LogP contribution in [-0.2, 0) is 14.3 Å². The fourth-order valence-electron chi connectivity index (χ4n) is 3.09. The molecule has 3 heteroatoms. The van der Waals surface area contributed by atoms with E-state index >= 15 is 0 Å². The molecule has 2 aliphatic carbocycles. The van der Waals surface area contributed by atoms with E-state index in [1.807, 2.05) is 0 Å². The number of ether oxygens (including phenoxy) is 1. The summed E-state index contributed by atoms with van der Waals surface area (Å²) in [7, 11) is 1.41. The van der Waals surface area contributed by atoms with E-state index in [9.17, 15) is 9.59 Å². The Balaban J connectivity index is 2.15. The molecule has 2 fully saturated rings. The SMILES string of the molecule is COC(=O)[C@H]1CC(=O)C12CCCCCC2. The van der Waals surface area contributed by atoms with Crippen molar-refractivity contribution in [1.82, 2.24) is 0 Å². The van der Waals surface area contributed by atoms with Gasteiger partial charge in [-0.1, -0.05) is 25.7 Å². The lowest BCUT2D eigenvalue weighted by Gasteiger charge is -2.45. The zero-order chi connectivity index (χ0) is 10.9. The van der Waals surface area contributed by atoms with E-state index in [1.54, 1.807) is 0 Å². The third-order valence-electron chi connectivity index (χ3n) is 4.09. The Bertz CT molecular complexity index is 275. The standard InChI is InChI=1S/C12H18O3/c1-15-11(14)9-8-10(13)12(9)6-4-2-3-5-7-12/h9H,2-8H2,1H3/t9-/m1/s1. The lowest BCUT2D eigenvalue weighted by atomic mass is 9.55. The molecule has 2 rings (SSSR count). The Hall–Kier alpha value is -0.860. The second-order valence-corrected chi connectivity index (χ2v) is 4.77. The van der Waals surface area contributed by atoms with Gasteiger partial charge in [-0.15, -0.1) is 0 Å². The predicted octanol–water partition coefficient (Wildman–Crippen LogP) is 2.09. The molecule has 0 N–H and O–H groups in total. The zero-order valence-corrected chi connectivity index (χ0v) is 9.25. The summed E-state index contributed by atoms with van der Waals surface area (Å²) in [5.41, 5.74) is -0.330. The molecule has 2 aliphatic rings. The van der Waals surface area contributed by atoms with Crippen molar-refractivity contribution in [3.8, 4) is 0 Å². The van der Waals surface area contributed by atoms with Crippen molar-refractivity contribution in [1.29, 1.82) is 0 Å². The van der Waals surface area contributed by atoms with Crippen LogP contribution in [-0.4, -0.2) is 18.9 Å². The minimum absolute atomic E-state index is 0.145. The molecule has 0 aromatic heterocycles. The number of methoxy groups -OCH3 is 1. The summed E-state index contributed by atoms with van der Waals surface area (Å²) in [4.78, 5) is 23.3. The molecule has 0 aliphatic heterocycles. The van der Waals surface area contributed by atoms with Crippen LogP contribution in [0.1, 0.15) is 44.9 Å². The molecule has 3 nitrogen and oxygen atoms in total. The lowest BCUT2D eigenvalue weighted by molar-refractivity contribution is -0.168. The van der Waals surface area contributed by atoms with Crippen LogP contribution in [0.2, 0.25) is 0 Å². The normalized spacial score (nSPS) is 29.4. The molecule has 0 heterocycles. The Morgan fingerprint density at radius 1 is 1.27 bits per heavy atom. The van der Waals surface area contributed by atoms with Crippen LogP contribution in [0, 0.1) is 11.3 Å². The first-order valence-corrected chi connectivity index (χ1v) is 5.82. The minimum atomic E-state index is -0.330. The van der Waals surface area contributed by atoms with Crippen molar-refractivity contribution in [2.75, 3.05) is 7.11 Å². The van der Waals surface area contributed by atoms with Crippen molar-refractivity contribution in [3.63, 3.8) is 0 Å². The second-order valence-electron chi connectivity index (χ2n) is 4.77. The summed E-state index contributed by atoms with van der Waals surface area (Å²) < 4.78 is 4.78. The number of Topliss-reactive ketones (excluding diaryl/α,β-unsaturated/α-hetero) is 1. The maximum absolute atomic E-state index is 11.8. The van der Waals surface area contributed by atoms with Gasteiger partial charge in [0.2, 0.25) is 0 Å². The van der Waals surface area contributed by atoms with Gasteiger partial charge in [0.15, 0.2) is 0 Å². The summed E-state index contributed by atoms with van der Waals surface area (Å²) in [6.45, 7) is 0. The van der Waals surface area contributed by atoms with Crippen LogP contribution in [0.15, 0.2) is 0 Å². The Morgan fingerprint density at radius 3 is 2.33 bits per heavy atom. The van der Waals surface area contributed by atoms with E-state index in [1.165, 1.54) is 20.0 Å². The van der Waals surface area contributed by atoms with Crippen LogP contribution >= 0.6 is 0 Å². The quantitative estimate of drug-likeness (QED) is 0.622. The zero-order valence-electron chi connectivity index (χ0n) is 9.25. The van der Waals surface area contributed by atoms with Gasteiger partial charge in [0.05, 0.1) is 13.0 Å². The van der Waals surface area contributed by atoms with Crippen molar-refractivity contribution < 1.29 is 14.3 Å². The first-order chi connectivity index (χ1) is 7.20. The molecule has 0 amide bonds. The number of hydrogen-bond donors (Lipinski definition) is 0. The van der Waals surface area contributed by atoms with Gasteiger partial charge in [0.1, 0.15) is 5.78 Å². The maximum atomic E-state index is 11.8. The molecule has 0 unspecified atom stereocenters. The highest BCUT2D eigenvalue weighted by Crippen LogP contribution is 2.52. The number of carbonyl (C=O) groups excluding carboxylic acids is 2. The molecular formula is C12H18O3. The van der Waals surface area contributed by atoms with Crippen molar-refractivity contribution in [3.05, 3.63) is 0 Å². The molecular weight excluding hydrogens is 192 g/mol. The molecule has 15 heavy (non-hydrogen) atoms. The number of rotatable bonds is 1. The third kappa shape index (κ3) is 1.58. The van der Waals surface area contributed by atoms with Gasteiger partial charge in [-0.05, 0) is 12.8 Å². The maximum Gasteiger partial charge on any atom is 0.310 e. The fraction of sp³-hybridized carbons (Fsp3) is 0.833.